The zero-order valence-electron chi connectivity index (χ0n) is 17.4. The van der Waals surface area contributed by atoms with Crippen molar-refractivity contribution in [2.75, 3.05) is 13.1 Å². The second-order valence-electron chi connectivity index (χ2n) is 8.66. The Morgan fingerprint density at radius 1 is 1.10 bits per heavy atom. The van der Waals surface area contributed by atoms with Crippen molar-refractivity contribution in [1.29, 1.82) is 0 Å². The Bertz CT molecular complexity index is 1020. The van der Waals surface area contributed by atoms with Gasteiger partial charge in [0, 0.05) is 18.5 Å². The number of ether oxygens (including phenoxy) is 1. The average molecular weight is 405 g/mol. The molecule has 2 aliphatic rings. The lowest BCUT2D eigenvalue weighted by atomic mass is 9.53. The van der Waals surface area contributed by atoms with Crippen molar-refractivity contribution < 1.29 is 9.53 Å². The van der Waals surface area contributed by atoms with Crippen LogP contribution in [0.5, 0.6) is 0 Å². The molecular formula is C24H28N4O2. The molecule has 2 fully saturated rings. The summed E-state index contributed by atoms with van der Waals surface area (Å²) in [5.41, 5.74) is 4.25. The largest absolute Gasteiger partial charge is 0.445 e. The molecule has 1 N–H and O–H groups in total. The van der Waals surface area contributed by atoms with Crippen molar-refractivity contribution in [2.45, 2.75) is 44.6 Å². The summed E-state index contributed by atoms with van der Waals surface area (Å²) in [6.07, 6.45) is 4.32. The highest BCUT2D eigenvalue weighted by molar-refractivity contribution is 5.79. The number of amides is 1. The highest BCUT2D eigenvalue weighted by Gasteiger charge is 2.53. The van der Waals surface area contributed by atoms with E-state index < -0.39 is 0 Å². The van der Waals surface area contributed by atoms with Crippen LogP contribution in [0.25, 0.3) is 11.0 Å². The Morgan fingerprint density at radius 2 is 1.87 bits per heavy atom. The molecule has 1 aromatic heterocycles. The second-order valence-corrected chi connectivity index (χ2v) is 8.66. The molecule has 2 atom stereocenters. The molecule has 6 heteroatoms. The van der Waals surface area contributed by atoms with E-state index in [-0.39, 0.29) is 11.5 Å². The zero-order valence-corrected chi connectivity index (χ0v) is 17.4. The van der Waals surface area contributed by atoms with Gasteiger partial charge in [0.05, 0.1) is 0 Å². The van der Waals surface area contributed by atoms with E-state index in [1.807, 2.05) is 41.3 Å². The number of aromatic nitrogens is 3. The van der Waals surface area contributed by atoms with Gasteiger partial charge in [-0.15, -0.1) is 0 Å². The number of para-hydroxylation sites is 1. The minimum absolute atomic E-state index is 0.0326. The van der Waals surface area contributed by atoms with Gasteiger partial charge in [-0.3, -0.25) is 0 Å². The first-order chi connectivity index (χ1) is 14.7. The number of hydrogen-bond donors (Lipinski definition) is 1. The number of carbonyl (C=O) groups is 1. The van der Waals surface area contributed by atoms with E-state index in [1.54, 1.807) is 0 Å². The smallest absolute Gasteiger partial charge is 0.410 e. The topological polar surface area (TPSA) is 71.1 Å². The Balaban J connectivity index is 1.40. The number of rotatable bonds is 4. The molecule has 3 aromatic rings. The maximum absolute atomic E-state index is 12.9. The number of nitrogens with zero attached hydrogens (tertiary/aromatic N) is 3. The Morgan fingerprint density at radius 3 is 2.60 bits per heavy atom. The molecule has 2 heterocycles. The number of hydrogen-bond acceptors (Lipinski definition) is 4. The molecule has 1 saturated carbocycles. The van der Waals surface area contributed by atoms with E-state index in [4.69, 9.17) is 4.74 Å². The molecule has 0 spiro atoms. The molecule has 6 nitrogen and oxygen atoms in total. The summed E-state index contributed by atoms with van der Waals surface area (Å²) in [7, 11) is 0. The predicted octanol–water partition coefficient (Wildman–Crippen LogP) is 4.67. The lowest BCUT2D eigenvalue weighted by Gasteiger charge is -2.56. The van der Waals surface area contributed by atoms with Crippen LogP contribution in [0, 0.1) is 11.8 Å². The first kappa shape index (κ1) is 19.1. The van der Waals surface area contributed by atoms with Gasteiger partial charge in [0.1, 0.15) is 17.6 Å². The monoisotopic (exact) mass is 404 g/mol. The van der Waals surface area contributed by atoms with Gasteiger partial charge in [0.25, 0.3) is 0 Å². The molecule has 2 unspecified atom stereocenters. The van der Waals surface area contributed by atoms with Crippen molar-refractivity contribution in [3.05, 3.63) is 59.7 Å². The second kappa shape index (κ2) is 7.74. The highest BCUT2D eigenvalue weighted by atomic mass is 16.6. The van der Waals surface area contributed by atoms with Crippen LogP contribution < -0.4 is 0 Å². The van der Waals surface area contributed by atoms with Crippen molar-refractivity contribution in [3.8, 4) is 0 Å². The van der Waals surface area contributed by atoms with E-state index in [9.17, 15) is 4.79 Å². The van der Waals surface area contributed by atoms with Crippen LogP contribution in [-0.2, 0) is 16.8 Å². The third-order valence-corrected chi connectivity index (χ3v) is 7.34. The first-order valence-electron chi connectivity index (χ1n) is 11.0. The first-order valence-corrected chi connectivity index (χ1v) is 11.0. The molecule has 1 aliphatic carbocycles. The summed E-state index contributed by atoms with van der Waals surface area (Å²) >= 11 is 0. The van der Waals surface area contributed by atoms with E-state index in [1.165, 1.54) is 12.0 Å². The molecule has 2 aromatic carbocycles. The number of likely N-dealkylation sites (tertiary alicyclic amines) is 1. The number of aromatic amines is 1. The van der Waals surface area contributed by atoms with Gasteiger partial charge in [-0.05, 0) is 48.3 Å². The summed E-state index contributed by atoms with van der Waals surface area (Å²) in [6, 6.07) is 16.2. The summed E-state index contributed by atoms with van der Waals surface area (Å²) in [4.78, 5) is 14.8. The van der Waals surface area contributed by atoms with Crippen molar-refractivity contribution in [2.24, 2.45) is 11.8 Å². The van der Waals surface area contributed by atoms with Gasteiger partial charge in [-0.2, -0.15) is 15.4 Å². The van der Waals surface area contributed by atoms with Gasteiger partial charge in [-0.1, -0.05) is 55.8 Å². The Hall–Kier alpha value is -2.89. The van der Waals surface area contributed by atoms with Gasteiger partial charge in [0.15, 0.2) is 0 Å². The molecule has 0 radical (unpaired) electrons. The summed E-state index contributed by atoms with van der Waals surface area (Å²) in [5, 5.41) is 11.6. The number of carbonyl (C=O) groups excluding carboxylic acids is 1. The SMILES string of the molecule is CCC1(c2cccc3n[nH]nc23)C2CCCC1CN(C(=O)OCc1ccccc1)C2. The van der Waals surface area contributed by atoms with Crippen LogP contribution in [0.1, 0.15) is 43.7 Å². The minimum Gasteiger partial charge on any atom is -0.445 e. The standard InChI is InChI=1S/C24H28N4O2/c1-2-24(20-12-7-13-21-22(20)26-27-25-21)18-10-6-11-19(24)15-28(14-18)23(29)30-16-17-8-4-3-5-9-17/h3-5,7-9,12-13,18-19H,2,6,10-11,14-16H2,1H3,(H,25,26,27). The van der Waals surface area contributed by atoms with Crippen LogP contribution in [0.4, 0.5) is 4.79 Å². The molecular weight excluding hydrogens is 376 g/mol. The van der Waals surface area contributed by atoms with E-state index in [0.29, 0.717) is 18.4 Å². The quantitative estimate of drug-likeness (QED) is 0.686. The zero-order chi connectivity index (χ0) is 20.6. The minimum atomic E-state index is -0.194. The van der Waals surface area contributed by atoms with E-state index in [2.05, 4.69) is 34.5 Å². The summed E-state index contributed by atoms with van der Waals surface area (Å²) < 4.78 is 5.66. The number of nitrogens with one attached hydrogen (secondary N) is 1. The molecule has 156 valence electrons. The number of fused-ring (bicyclic) bond motifs is 3. The average Bonchev–Trinajstić information content (AvgIpc) is 3.26. The lowest BCUT2D eigenvalue weighted by Crippen LogP contribution is -2.59. The van der Waals surface area contributed by atoms with Crippen LogP contribution in [0.3, 0.4) is 0 Å². The van der Waals surface area contributed by atoms with Crippen LogP contribution in [0.15, 0.2) is 48.5 Å². The Labute approximate surface area is 176 Å². The molecule has 5 rings (SSSR count). The van der Waals surface area contributed by atoms with Gasteiger partial charge >= 0.3 is 6.09 Å². The fourth-order valence-corrected chi connectivity index (χ4v) is 5.98. The third kappa shape index (κ3) is 3.06. The van der Waals surface area contributed by atoms with Crippen LogP contribution in [-0.4, -0.2) is 39.5 Å². The normalized spacial score (nSPS) is 26.0. The highest BCUT2D eigenvalue weighted by Crippen LogP contribution is 2.54. The van der Waals surface area contributed by atoms with E-state index in [0.717, 1.165) is 48.9 Å². The lowest BCUT2D eigenvalue weighted by molar-refractivity contribution is -0.0104. The summed E-state index contributed by atoms with van der Waals surface area (Å²) in [5.74, 6) is 0.808. The molecule has 30 heavy (non-hydrogen) atoms. The number of piperidine rings is 1. The molecule has 1 saturated heterocycles. The predicted molar refractivity (Wildman–Crippen MR) is 115 cm³/mol. The van der Waals surface area contributed by atoms with Crippen molar-refractivity contribution >= 4 is 17.1 Å². The van der Waals surface area contributed by atoms with E-state index >= 15 is 0 Å². The molecule has 1 amide bonds. The van der Waals surface area contributed by atoms with Crippen molar-refractivity contribution in [3.63, 3.8) is 0 Å². The maximum atomic E-state index is 12.9. The van der Waals surface area contributed by atoms with Crippen molar-refractivity contribution in [1.82, 2.24) is 20.3 Å². The number of benzene rings is 2. The maximum Gasteiger partial charge on any atom is 0.410 e. The van der Waals surface area contributed by atoms with Crippen LogP contribution >= 0.6 is 0 Å². The van der Waals surface area contributed by atoms with Gasteiger partial charge < -0.3 is 9.64 Å². The third-order valence-electron chi connectivity index (χ3n) is 7.34. The fraction of sp³-hybridized carbons (Fsp3) is 0.458. The van der Waals surface area contributed by atoms with Gasteiger partial charge in [0.2, 0.25) is 0 Å². The Kier molecular flexibility index (Phi) is 4.93. The number of H-pyrrole nitrogens is 1. The van der Waals surface area contributed by atoms with Gasteiger partial charge in [-0.25, -0.2) is 4.79 Å². The molecule has 1 aliphatic heterocycles. The molecule has 2 bridgehead atoms. The van der Waals surface area contributed by atoms with Crippen LogP contribution in [0.2, 0.25) is 0 Å². The summed E-state index contributed by atoms with van der Waals surface area (Å²) in [6.45, 7) is 4.09. The fourth-order valence-electron chi connectivity index (χ4n) is 5.98.